The fourth-order valence-corrected chi connectivity index (χ4v) is 3.56. The molecule has 0 saturated heterocycles. The van der Waals surface area contributed by atoms with Crippen molar-refractivity contribution in [2.24, 2.45) is 5.92 Å². The average Bonchev–Trinajstić information content (AvgIpc) is 2.76. The predicted octanol–water partition coefficient (Wildman–Crippen LogP) is 7.59. The summed E-state index contributed by atoms with van der Waals surface area (Å²) < 4.78 is 10.4. The Labute approximate surface area is 178 Å². The number of rotatable bonds is 17. The Kier molecular flexibility index (Phi) is 14.9. The van der Waals surface area contributed by atoms with Crippen molar-refractivity contribution in [2.75, 3.05) is 13.7 Å². The lowest BCUT2D eigenvalue weighted by molar-refractivity contribution is -0.137. The Balaban J connectivity index is 1.97. The highest BCUT2D eigenvalue weighted by molar-refractivity contribution is 5.87. The molecule has 1 unspecified atom stereocenters. The van der Waals surface area contributed by atoms with E-state index in [0.29, 0.717) is 6.61 Å². The van der Waals surface area contributed by atoms with Crippen molar-refractivity contribution < 1.29 is 14.3 Å². The fraction of sp³-hybridized carbons (Fsp3) is 0.654. The molecule has 0 radical (unpaired) electrons. The summed E-state index contributed by atoms with van der Waals surface area (Å²) in [4.78, 5) is 11.8. The first-order valence-corrected chi connectivity index (χ1v) is 11.7. The Hall–Kier alpha value is -1.77. The molecule has 0 amide bonds. The van der Waals surface area contributed by atoms with Crippen molar-refractivity contribution in [3.05, 3.63) is 35.9 Å². The lowest BCUT2D eigenvalue weighted by Gasteiger charge is -2.13. The number of benzene rings is 1. The molecule has 0 saturated carbocycles. The van der Waals surface area contributed by atoms with E-state index in [0.717, 1.165) is 30.1 Å². The minimum absolute atomic E-state index is 0.269. The molecule has 0 heterocycles. The van der Waals surface area contributed by atoms with Gasteiger partial charge in [0, 0.05) is 6.08 Å². The molecule has 0 aliphatic carbocycles. The second-order valence-electron chi connectivity index (χ2n) is 7.95. The van der Waals surface area contributed by atoms with Gasteiger partial charge in [-0.25, -0.2) is 4.79 Å². The van der Waals surface area contributed by atoms with E-state index in [1.807, 2.05) is 24.3 Å². The lowest BCUT2D eigenvalue weighted by atomic mass is 9.93. The van der Waals surface area contributed by atoms with E-state index in [1.54, 1.807) is 13.2 Å². The van der Waals surface area contributed by atoms with Crippen LogP contribution in [0.1, 0.15) is 96.5 Å². The van der Waals surface area contributed by atoms with Crippen molar-refractivity contribution in [3.8, 4) is 5.75 Å². The standard InChI is InChI=1S/C26H42O3/c1-4-6-14-23(5-2)15-12-10-8-7-9-11-13-22-29-26(27)21-18-24-16-19-25(28-3)20-17-24/h16-21,23H,4-15,22H2,1-3H3. The maximum Gasteiger partial charge on any atom is 0.330 e. The number of esters is 1. The molecular formula is C26H42O3. The van der Waals surface area contributed by atoms with Gasteiger partial charge >= 0.3 is 5.97 Å². The summed E-state index contributed by atoms with van der Waals surface area (Å²) in [5.74, 6) is 1.49. The summed E-state index contributed by atoms with van der Waals surface area (Å²) in [5, 5.41) is 0. The van der Waals surface area contributed by atoms with Crippen molar-refractivity contribution >= 4 is 12.0 Å². The van der Waals surface area contributed by atoms with Crippen LogP contribution in [-0.4, -0.2) is 19.7 Å². The maximum atomic E-state index is 11.8. The SMILES string of the molecule is CCCCC(CC)CCCCCCCCCOC(=O)C=Cc1ccc(OC)cc1. The van der Waals surface area contributed by atoms with Crippen LogP contribution < -0.4 is 4.74 Å². The van der Waals surface area contributed by atoms with Crippen molar-refractivity contribution in [1.29, 1.82) is 0 Å². The molecule has 0 bridgehead atoms. The molecule has 0 N–H and O–H groups in total. The maximum absolute atomic E-state index is 11.8. The van der Waals surface area contributed by atoms with Gasteiger partial charge in [0.05, 0.1) is 13.7 Å². The summed E-state index contributed by atoms with van der Waals surface area (Å²) in [6.07, 6.45) is 18.9. The topological polar surface area (TPSA) is 35.5 Å². The number of carbonyl (C=O) groups is 1. The third-order valence-electron chi connectivity index (χ3n) is 5.57. The van der Waals surface area contributed by atoms with Gasteiger partial charge in [-0.15, -0.1) is 0 Å². The molecular weight excluding hydrogens is 360 g/mol. The summed E-state index contributed by atoms with van der Waals surface area (Å²) in [7, 11) is 1.64. The molecule has 1 aromatic rings. The summed E-state index contributed by atoms with van der Waals surface area (Å²) in [5.41, 5.74) is 0.957. The quantitative estimate of drug-likeness (QED) is 0.153. The molecule has 0 fully saturated rings. The molecule has 0 aliphatic heterocycles. The van der Waals surface area contributed by atoms with Gasteiger partial charge in [-0.3, -0.25) is 0 Å². The van der Waals surface area contributed by atoms with Gasteiger partial charge in [-0.05, 0) is 36.1 Å². The third-order valence-corrected chi connectivity index (χ3v) is 5.57. The highest BCUT2D eigenvalue weighted by Gasteiger charge is 2.05. The van der Waals surface area contributed by atoms with Crippen LogP contribution in [0.25, 0.3) is 6.08 Å². The number of ether oxygens (including phenoxy) is 2. The largest absolute Gasteiger partial charge is 0.497 e. The molecule has 0 aliphatic rings. The average molecular weight is 403 g/mol. The summed E-state index contributed by atoms with van der Waals surface area (Å²) in [6.45, 7) is 5.14. The van der Waals surface area contributed by atoms with Crippen LogP contribution in [0.4, 0.5) is 0 Å². The Morgan fingerprint density at radius 2 is 1.52 bits per heavy atom. The van der Waals surface area contributed by atoms with Gasteiger partial charge in [0.25, 0.3) is 0 Å². The van der Waals surface area contributed by atoms with Gasteiger partial charge in [-0.1, -0.05) is 96.6 Å². The van der Waals surface area contributed by atoms with Crippen LogP contribution in [0, 0.1) is 5.92 Å². The summed E-state index contributed by atoms with van der Waals surface area (Å²) >= 11 is 0. The lowest BCUT2D eigenvalue weighted by Crippen LogP contribution is -2.02. The van der Waals surface area contributed by atoms with E-state index < -0.39 is 0 Å². The van der Waals surface area contributed by atoms with Crippen LogP contribution in [-0.2, 0) is 9.53 Å². The molecule has 0 aromatic heterocycles. The molecule has 0 spiro atoms. The van der Waals surface area contributed by atoms with E-state index in [2.05, 4.69) is 13.8 Å². The zero-order valence-corrected chi connectivity index (χ0v) is 19.0. The molecule has 1 atom stereocenters. The zero-order chi connectivity index (χ0) is 21.2. The Bertz CT molecular complexity index is 548. The predicted molar refractivity (Wildman–Crippen MR) is 123 cm³/mol. The van der Waals surface area contributed by atoms with E-state index in [9.17, 15) is 4.79 Å². The third kappa shape index (κ3) is 13.1. The van der Waals surface area contributed by atoms with E-state index in [1.165, 1.54) is 70.3 Å². The van der Waals surface area contributed by atoms with Gasteiger partial charge in [0.15, 0.2) is 0 Å². The van der Waals surface area contributed by atoms with Gasteiger partial charge in [0.2, 0.25) is 0 Å². The minimum atomic E-state index is -0.269. The first kappa shape index (κ1) is 25.3. The molecule has 1 aromatic carbocycles. The fourth-order valence-electron chi connectivity index (χ4n) is 3.56. The van der Waals surface area contributed by atoms with Crippen LogP contribution in [0.15, 0.2) is 30.3 Å². The van der Waals surface area contributed by atoms with Crippen LogP contribution in [0.3, 0.4) is 0 Å². The highest BCUT2D eigenvalue weighted by Crippen LogP contribution is 2.20. The number of hydrogen-bond donors (Lipinski definition) is 0. The van der Waals surface area contributed by atoms with Gasteiger partial charge in [0.1, 0.15) is 5.75 Å². The zero-order valence-electron chi connectivity index (χ0n) is 19.0. The Morgan fingerprint density at radius 3 is 2.14 bits per heavy atom. The first-order valence-electron chi connectivity index (χ1n) is 11.7. The number of hydrogen-bond acceptors (Lipinski definition) is 3. The van der Waals surface area contributed by atoms with Crippen molar-refractivity contribution in [3.63, 3.8) is 0 Å². The van der Waals surface area contributed by atoms with E-state index in [4.69, 9.17) is 9.47 Å². The van der Waals surface area contributed by atoms with Gasteiger partial charge < -0.3 is 9.47 Å². The van der Waals surface area contributed by atoms with Crippen LogP contribution in [0.5, 0.6) is 5.75 Å². The second kappa shape index (κ2) is 17.1. The minimum Gasteiger partial charge on any atom is -0.497 e. The van der Waals surface area contributed by atoms with Crippen molar-refractivity contribution in [1.82, 2.24) is 0 Å². The number of carbonyl (C=O) groups excluding carboxylic acids is 1. The molecule has 3 nitrogen and oxygen atoms in total. The van der Waals surface area contributed by atoms with E-state index >= 15 is 0 Å². The molecule has 3 heteroatoms. The monoisotopic (exact) mass is 402 g/mol. The van der Waals surface area contributed by atoms with Gasteiger partial charge in [-0.2, -0.15) is 0 Å². The molecule has 29 heavy (non-hydrogen) atoms. The first-order chi connectivity index (χ1) is 14.2. The van der Waals surface area contributed by atoms with Crippen LogP contribution in [0.2, 0.25) is 0 Å². The van der Waals surface area contributed by atoms with Crippen LogP contribution >= 0.6 is 0 Å². The normalized spacial score (nSPS) is 12.2. The molecule has 164 valence electrons. The second-order valence-corrected chi connectivity index (χ2v) is 7.95. The highest BCUT2D eigenvalue weighted by atomic mass is 16.5. The van der Waals surface area contributed by atoms with Crippen molar-refractivity contribution in [2.45, 2.75) is 90.9 Å². The van der Waals surface area contributed by atoms with E-state index in [-0.39, 0.29) is 5.97 Å². The molecule has 1 rings (SSSR count). The number of methoxy groups -OCH3 is 1. The number of unbranched alkanes of at least 4 members (excludes halogenated alkanes) is 7. The Morgan fingerprint density at radius 1 is 0.897 bits per heavy atom. The summed E-state index contributed by atoms with van der Waals surface area (Å²) in [6, 6.07) is 7.58. The smallest absolute Gasteiger partial charge is 0.330 e.